The standard InChI is InChI=1S/C18H22FN3O3S/c1-12-7-8-15(10-16(12)19)26(24,25)22-14-6-4-5-13(9-14)17(23)21-18(2,3)11-20/h4-10,22H,11,20H2,1-3H3,(H,21,23). The number of benzene rings is 2. The molecule has 0 spiro atoms. The van der Waals surface area contributed by atoms with Gasteiger partial charge in [0.05, 0.1) is 4.90 Å². The lowest BCUT2D eigenvalue weighted by atomic mass is 10.1. The minimum absolute atomic E-state index is 0.195. The first-order valence-corrected chi connectivity index (χ1v) is 9.44. The van der Waals surface area contributed by atoms with Crippen LogP contribution in [0.3, 0.4) is 0 Å². The Hall–Kier alpha value is -2.45. The van der Waals surface area contributed by atoms with Gasteiger partial charge in [-0.1, -0.05) is 12.1 Å². The van der Waals surface area contributed by atoms with Crippen molar-refractivity contribution in [3.8, 4) is 0 Å². The molecule has 1 amide bonds. The predicted octanol–water partition coefficient (Wildman–Crippen LogP) is 2.40. The molecule has 8 heteroatoms. The molecule has 0 aliphatic rings. The van der Waals surface area contributed by atoms with Gasteiger partial charge in [-0.3, -0.25) is 9.52 Å². The van der Waals surface area contributed by atoms with E-state index in [4.69, 9.17) is 5.73 Å². The van der Waals surface area contributed by atoms with Crippen LogP contribution < -0.4 is 15.8 Å². The number of hydrogen-bond donors (Lipinski definition) is 3. The maximum atomic E-state index is 13.7. The van der Waals surface area contributed by atoms with Crippen LogP contribution >= 0.6 is 0 Å². The molecule has 0 aliphatic heterocycles. The van der Waals surface area contributed by atoms with Gasteiger partial charge in [-0.15, -0.1) is 0 Å². The molecule has 0 aliphatic carbocycles. The van der Waals surface area contributed by atoms with E-state index in [1.165, 1.54) is 24.3 Å². The molecule has 0 unspecified atom stereocenters. The van der Waals surface area contributed by atoms with Crippen LogP contribution in [0.1, 0.15) is 29.8 Å². The Bertz CT molecular complexity index is 927. The van der Waals surface area contributed by atoms with Gasteiger partial charge in [0.15, 0.2) is 0 Å². The summed E-state index contributed by atoms with van der Waals surface area (Å²) in [4.78, 5) is 12.1. The van der Waals surface area contributed by atoms with Crippen molar-refractivity contribution in [3.63, 3.8) is 0 Å². The highest BCUT2D eigenvalue weighted by Crippen LogP contribution is 2.19. The normalized spacial score (nSPS) is 11.9. The van der Waals surface area contributed by atoms with Crippen LogP contribution in [0.4, 0.5) is 10.1 Å². The molecule has 0 heterocycles. The van der Waals surface area contributed by atoms with Crippen molar-refractivity contribution in [2.24, 2.45) is 5.73 Å². The molecule has 140 valence electrons. The third-order valence-corrected chi connectivity index (χ3v) is 5.17. The number of anilines is 1. The zero-order valence-corrected chi connectivity index (χ0v) is 15.7. The van der Waals surface area contributed by atoms with Crippen molar-refractivity contribution in [3.05, 3.63) is 59.4 Å². The monoisotopic (exact) mass is 379 g/mol. The topological polar surface area (TPSA) is 101 Å². The largest absolute Gasteiger partial charge is 0.346 e. The average Bonchev–Trinajstić information content (AvgIpc) is 2.56. The van der Waals surface area contributed by atoms with E-state index in [-0.39, 0.29) is 28.6 Å². The van der Waals surface area contributed by atoms with Crippen molar-refractivity contribution in [1.82, 2.24) is 5.32 Å². The lowest BCUT2D eigenvalue weighted by Gasteiger charge is -2.24. The van der Waals surface area contributed by atoms with Crippen molar-refractivity contribution in [2.45, 2.75) is 31.2 Å². The van der Waals surface area contributed by atoms with Gasteiger partial charge in [0.2, 0.25) is 0 Å². The first-order valence-electron chi connectivity index (χ1n) is 7.96. The van der Waals surface area contributed by atoms with Gasteiger partial charge in [0.1, 0.15) is 5.82 Å². The van der Waals surface area contributed by atoms with E-state index < -0.39 is 21.4 Å². The van der Waals surface area contributed by atoms with E-state index in [0.29, 0.717) is 5.56 Å². The molecule has 0 bridgehead atoms. The maximum absolute atomic E-state index is 13.7. The fourth-order valence-corrected chi connectivity index (χ4v) is 3.17. The summed E-state index contributed by atoms with van der Waals surface area (Å²) in [7, 11) is -3.98. The quantitative estimate of drug-likeness (QED) is 0.717. The average molecular weight is 379 g/mol. The number of hydrogen-bond acceptors (Lipinski definition) is 4. The van der Waals surface area contributed by atoms with Crippen LogP contribution in [0.2, 0.25) is 0 Å². The van der Waals surface area contributed by atoms with Crippen LogP contribution in [-0.2, 0) is 10.0 Å². The first kappa shape index (κ1) is 19.9. The Labute approximate surface area is 152 Å². The molecule has 0 saturated heterocycles. The Kier molecular flexibility index (Phi) is 5.68. The second-order valence-electron chi connectivity index (χ2n) is 6.64. The predicted molar refractivity (Wildman–Crippen MR) is 99.0 cm³/mol. The maximum Gasteiger partial charge on any atom is 0.261 e. The van der Waals surface area contributed by atoms with Crippen molar-refractivity contribution < 1.29 is 17.6 Å². The molecular formula is C18H22FN3O3S. The van der Waals surface area contributed by atoms with Gasteiger partial charge in [-0.2, -0.15) is 0 Å². The summed E-state index contributed by atoms with van der Waals surface area (Å²) in [5, 5.41) is 2.77. The summed E-state index contributed by atoms with van der Waals surface area (Å²) in [6.45, 7) is 5.36. The zero-order chi connectivity index (χ0) is 19.5. The number of carbonyl (C=O) groups excluding carboxylic acids is 1. The van der Waals surface area contributed by atoms with E-state index in [1.54, 1.807) is 32.9 Å². The first-order chi connectivity index (χ1) is 12.0. The van der Waals surface area contributed by atoms with Gasteiger partial charge in [0, 0.05) is 23.3 Å². The van der Waals surface area contributed by atoms with Gasteiger partial charge >= 0.3 is 0 Å². The van der Waals surface area contributed by atoms with E-state index in [1.807, 2.05) is 0 Å². The third kappa shape index (κ3) is 4.80. The number of nitrogens with two attached hydrogens (primary N) is 1. The minimum Gasteiger partial charge on any atom is -0.346 e. The highest BCUT2D eigenvalue weighted by Gasteiger charge is 2.20. The van der Waals surface area contributed by atoms with Crippen molar-refractivity contribution >= 4 is 21.6 Å². The number of sulfonamides is 1. The highest BCUT2D eigenvalue weighted by atomic mass is 32.2. The SMILES string of the molecule is Cc1ccc(S(=O)(=O)Nc2cccc(C(=O)NC(C)(C)CN)c2)cc1F. The summed E-state index contributed by atoms with van der Waals surface area (Å²) < 4.78 is 40.9. The Morgan fingerprint density at radius 1 is 1.19 bits per heavy atom. The molecule has 26 heavy (non-hydrogen) atoms. The number of amides is 1. The van der Waals surface area contributed by atoms with Gasteiger partial charge in [0.25, 0.3) is 15.9 Å². The summed E-state index contributed by atoms with van der Waals surface area (Å²) in [5.74, 6) is -0.979. The molecule has 2 rings (SSSR count). The fraction of sp³-hybridized carbons (Fsp3) is 0.278. The van der Waals surface area contributed by atoms with Crippen molar-refractivity contribution in [2.75, 3.05) is 11.3 Å². The molecule has 0 fully saturated rings. The second-order valence-corrected chi connectivity index (χ2v) is 8.32. The number of aryl methyl sites for hydroxylation is 1. The van der Waals surface area contributed by atoms with Crippen LogP contribution in [0.15, 0.2) is 47.4 Å². The number of nitrogens with one attached hydrogen (secondary N) is 2. The van der Waals surface area contributed by atoms with Crippen LogP contribution in [0, 0.1) is 12.7 Å². The number of rotatable bonds is 6. The molecular weight excluding hydrogens is 357 g/mol. The third-order valence-electron chi connectivity index (χ3n) is 3.79. The molecule has 0 saturated carbocycles. The lowest BCUT2D eigenvalue weighted by Crippen LogP contribution is -2.48. The summed E-state index contributed by atoms with van der Waals surface area (Å²) >= 11 is 0. The van der Waals surface area contributed by atoms with E-state index in [0.717, 1.165) is 6.07 Å². The summed E-state index contributed by atoms with van der Waals surface area (Å²) in [6.07, 6.45) is 0. The Balaban J connectivity index is 2.25. The second kappa shape index (κ2) is 7.43. The lowest BCUT2D eigenvalue weighted by molar-refractivity contribution is 0.0915. The molecule has 0 atom stereocenters. The van der Waals surface area contributed by atoms with E-state index in [9.17, 15) is 17.6 Å². The number of carbonyl (C=O) groups is 1. The molecule has 6 nitrogen and oxygen atoms in total. The molecule has 2 aromatic rings. The fourth-order valence-electron chi connectivity index (χ4n) is 2.11. The van der Waals surface area contributed by atoms with Gasteiger partial charge in [-0.25, -0.2) is 12.8 Å². The van der Waals surface area contributed by atoms with Gasteiger partial charge in [-0.05, 0) is 56.7 Å². The van der Waals surface area contributed by atoms with E-state index >= 15 is 0 Å². The number of halogens is 1. The van der Waals surface area contributed by atoms with Crippen LogP contribution in [-0.4, -0.2) is 26.4 Å². The molecule has 0 aromatic heterocycles. The summed E-state index contributed by atoms with van der Waals surface area (Å²) in [6, 6.07) is 9.70. The van der Waals surface area contributed by atoms with Crippen LogP contribution in [0.25, 0.3) is 0 Å². The van der Waals surface area contributed by atoms with Gasteiger partial charge < -0.3 is 11.1 Å². The van der Waals surface area contributed by atoms with Crippen LogP contribution in [0.5, 0.6) is 0 Å². The minimum atomic E-state index is -3.98. The van der Waals surface area contributed by atoms with E-state index in [2.05, 4.69) is 10.0 Å². The summed E-state index contributed by atoms with van der Waals surface area (Å²) in [5.41, 5.74) is 5.83. The smallest absolute Gasteiger partial charge is 0.261 e. The Morgan fingerprint density at radius 3 is 2.50 bits per heavy atom. The zero-order valence-electron chi connectivity index (χ0n) is 14.8. The van der Waals surface area contributed by atoms with Crippen molar-refractivity contribution in [1.29, 1.82) is 0 Å². The molecule has 0 radical (unpaired) electrons. The molecule has 2 aromatic carbocycles. The highest BCUT2D eigenvalue weighted by molar-refractivity contribution is 7.92. The Morgan fingerprint density at radius 2 is 1.88 bits per heavy atom. The molecule has 4 N–H and O–H groups in total.